The van der Waals surface area contributed by atoms with Crippen LogP contribution in [0.3, 0.4) is 0 Å². The molecule has 1 N–H and O–H groups in total. The molecule has 0 bridgehead atoms. The molecule has 0 saturated heterocycles. The molecule has 0 aliphatic heterocycles. The summed E-state index contributed by atoms with van der Waals surface area (Å²) in [7, 11) is 0. The average molecular weight is 290 g/mol. The van der Waals surface area contributed by atoms with Gasteiger partial charge in [-0.3, -0.25) is 9.59 Å². The summed E-state index contributed by atoms with van der Waals surface area (Å²) >= 11 is 0. The number of aliphatic carboxylic acids is 1. The van der Waals surface area contributed by atoms with E-state index in [2.05, 4.69) is 0 Å². The van der Waals surface area contributed by atoms with Crippen LogP contribution in [0.1, 0.15) is 38.2 Å². The first-order chi connectivity index (χ1) is 10.1. The zero-order valence-corrected chi connectivity index (χ0v) is 12.4. The second kappa shape index (κ2) is 6.74. The quantitative estimate of drug-likeness (QED) is 0.619. The van der Waals surface area contributed by atoms with Crippen LogP contribution in [0.2, 0.25) is 0 Å². The number of rotatable bonds is 7. The van der Waals surface area contributed by atoms with Crippen molar-refractivity contribution in [2.75, 3.05) is 6.61 Å². The average Bonchev–Trinajstić information content (AvgIpc) is 2.42. The van der Waals surface area contributed by atoms with Crippen molar-refractivity contribution in [3.05, 3.63) is 35.9 Å². The number of benzene rings is 1. The molecule has 1 saturated carbocycles. The smallest absolute Gasteiger partial charge is 0.323 e. The van der Waals surface area contributed by atoms with E-state index in [4.69, 9.17) is 4.74 Å². The van der Waals surface area contributed by atoms with Crippen LogP contribution in [-0.4, -0.2) is 23.7 Å². The monoisotopic (exact) mass is 290 g/mol. The molecule has 0 radical (unpaired) electrons. The summed E-state index contributed by atoms with van der Waals surface area (Å²) in [5, 5.41) is 9.75. The standard InChI is InChI=1S/C17H22O4/c1-2-21-16(20)17(15(18)19,12-14-9-6-10-14)11-13-7-4-3-5-8-13/h3-5,7-8,14H,2,6,9-12H2,1H3,(H,18,19). The second-order valence-electron chi connectivity index (χ2n) is 5.77. The van der Waals surface area contributed by atoms with Crippen molar-refractivity contribution in [3.8, 4) is 0 Å². The molecule has 114 valence electrons. The van der Waals surface area contributed by atoms with E-state index >= 15 is 0 Å². The number of hydrogen-bond acceptors (Lipinski definition) is 3. The van der Waals surface area contributed by atoms with E-state index in [9.17, 15) is 14.7 Å². The van der Waals surface area contributed by atoms with Crippen LogP contribution in [0.5, 0.6) is 0 Å². The van der Waals surface area contributed by atoms with E-state index in [1.807, 2.05) is 30.3 Å². The van der Waals surface area contributed by atoms with Gasteiger partial charge in [0.05, 0.1) is 6.61 Å². The summed E-state index contributed by atoms with van der Waals surface area (Å²) in [6.45, 7) is 1.91. The van der Waals surface area contributed by atoms with Crippen LogP contribution in [0, 0.1) is 11.3 Å². The summed E-state index contributed by atoms with van der Waals surface area (Å²) in [6, 6.07) is 9.31. The Morgan fingerprint density at radius 1 is 1.29 bits per heavy atom. The summed E-state index contributed by atoms with van der Waals surface area (Å²) < 4.78 is 5.09. The van der Waals surface area contributed by atoms with Crippen molar-refractivity contribution in [2.45, 2.75) is 39.0 Å². The minimum Gasteiger partial charge on any atom is -0.480 e. The van der Waals surface area contributed by atoms with Crippen LogP contribution in [-0.2, 0) is 20.7 Å². The van der Waals surface area contributed by atoms with E-state index in [1.165, 1.54) is 0 Å². The number of esters is 1. The zero-order valence-electron chi connectivity index (χ0n) is 12.4. The van der Waals surface area contributed by atoms with Gasteiger partial charge in [0.25, 0.3) is 0 Å². The number of carbonyl (C=O) groups excluding carboxylic acids is 1. The summed E-state index contributed by atoms with van der Waals surface area (Å²) in [5.74, 6) is -1.36. The van der Waals surface area contributed by atoms with Gasteiger partial charge in [0.1, 0.15) is 0 Å². The summed E-state index contributed by atoms with van der Waals surface area (Å²) in [6.07, 6.45) is 3.69. The third-order valence-electron chi connectivity index (χ3n) is 4.29. The SMILES string of the molecule is CCOC(=O)C(Cc1ccccc1)(CC1CCC1)C(=O)O. The molecule has 0 spiro atoms. The van der Waals surface area contributed by atoms with Gasteiger partial charge in [-0.15, -0.1) is 0 Å². The first kappa shape index (κ1) is 15.5. The third kappa shape index (κ3) is 3.43. The molecule has 2 rings (SSSR count). The van der Waals surface area contributed by atoms with Crippen LogP contribution in [0.4, 0.5) is 0 Å². The summed E-state index contributed by atoms with van der Waals surface area (Å²) in [4.78, 5) is 24.3. The zero-order chi connectivity index (χ0) is 15.3. The molecule has 1 unspecified atom stereocenters. The molecule has 1 aliphatic rings. The predicted molar refractivity (Wildman–Crippen MR) is 78.8 cm³/mol. The summed E-state index contributed by atoms with van der Waals surface area (Å²) in [5.41, 5.74) is -0.602. The van der Waals surface area contributed by atoms with Crippen LogP contribution in [0.15, 0.2) is 30.3 Å². The highest BCUT2D eigenvalue weighted by molar-refractivity contribution is 5.99. The van der Waals surface area contributed by atoms with Gasteiger partial charge in [-0.2, -0.15) is 0 Å². The van der Waals surface area contributed by atoms with Gasteiger partial charge in [0, 0.05) is 0 Å². The maximum Gasteiger partial charge on any atom is 0.323 e. The van der Waals surface area contributed by atoms with Gasteiger partial charge < -0.3 is 9.84 Å². The van der Waals surface area contributed by atoms with Gasteiger partial charge in [-0.1, -0.05) is 49.6 Å². The normalized spacial score (nSPS) is 17.6. The van der Waals surface area contributed by atoms with Gasteiger partial charge in [-0.05, 0) is 31.2 Å². The molecule has 0 heterocycles. The molecular formula is C17H22O4. The molecule has 4 heteroatoms. The number of carboxylic acid groups (broad SMARTS) is 1. The van der Waals surface area contributed by atoms with E-state index in [-0.39, 0.29) is 13.0 Å². The van der Waals surface area contributed by atoms with E-state index in [0.717, 1.165) is 24.8 Å². The van der Waals surface area contributed by atoms with Crippen LogP contribution in [0.25, 0.3) is 0 Å². The van der Waals surface area contributed by atoms with E-state index in [0.29, 0.717) is 12.3 Å². The lowest BCUT2D eigenvalue weighted by molar-refractivity contribution is -0.170. The van der Waals surface area contributed by atoms with E-state index in [1.54, 1.807) is 6.92 Å². The lowest BCUT2D eigenvalue weighted by Crippen LogP contribution is -2.45. The highest BCUT2D eigenvalue weighted by Gasteiger charge is 2.49. The maximum absolute atomic E-state index is 12.4. The van der Waals surface area contributed by atoms with Crippen molar-refractivity contribution < 1.29 is 19.4 Å². The van der Waals surface area contributed by atoms with Crippen LogP contribution >= 0.6 is 0 Å². The lowest BCUT2D eigenvalue weighted by atomic mass is 9.69. The number of carboxylic acids is 1. The Morgan fingerprint density at radius 3 is 2.43 bits per heavy atom. The minimum absolute atomic E-state index is 0.193. The molecule has 1 fully saturated rings. The highest BCUT2D eigenvalue weighted by Crippen LogP contribution is 2.40. The lowest BCUT2D eigenvalue weighted by Gasteiger charge is -2.35. The fourth-order valence-electron chi connectivity index (χ4n) is 2.88. The van der Waals surface area contributed by atoms with Crippen molar-refractivity contribution in [2.24, 2.45) is 11.3 Å². The van der Waals surface area contributed by atoms with Crippen molar-refractivity contribution >= 4 is 11.9 Å². The van der Waals surface area contributed by atoms with Crippen molar-refractivity contribution in [1.82, 2.24) is 0 Å². The van der Waals surface area contributed by atoms with Crippen molar-refractivity contribution in [3.63, 3.8) is 0 Å². The van der Waals surface area contributed by atoms with Gasteiger partial charge in [0.15, 0.2) is 5.41 Å². The first-order valence-electron chi connectivity index (χ1n) is 7.53. The van der Waals surface area contributed by atoms with Gasteiger partial charge in [-0.25, -0.2) is 0 Å². The molecule has 1 aromatic carbocycles. The molecule has 21 heavy (non-hydrogen) atoms. The van der Waals surface area contributed by atoms with Gasteiger partial charge >= 0.3 is 11.9 Å². The largest absolute Gasteiger partial charge is 0.480 e. The highest BCUT2D eigenvalue weighted by atomic mass is 16.5. The number of carbonyl (C=O) groups is 2. The Hall–Kier alpha value is -1.84. The maximum atomic E-state index is 12.4. The molecule has 1 aliphatic carbocycles. The fourth-order valence-corrected chi connectivity index (χ4v) is 2.88. The molecule has 1 aromatic rings. The molecule has 1 atom stereocenters. The molecule has 0 aromatic heterocycles. The second-order valence-corrected chi connectivity index (χ2v) is 5.77. The molecular weight excluding hydrogens is 268 g/mol. The number of hydrogen-bond donors (Lipinski definition) is 1. The number of ether oxygens (including phenoxy) is 1. The van der Waals surface area contributed by atoms with E-state index < -0.39 is 17.4 Å². The fraction of sp³-hybridized carbons (Fsp3) is 0.529. The Bertz CT molecular complexity index is 493. The Kier molecular flexibility index (Phi) is 4.99. The Morgan fingerprint density at radius 2 is 1.95 bits per heavy atom. The van der Waals surface area contributed by atoms with Crippen LogP contribution < -0.4 is 0 Å². The van der Waals surface area contributed by atoms with Gasteiger partial charge in [0.2, 0.25) is 0 Å². The first-order valence-corrected chi connectivity index (χ1v) is 7.53. The third-order valence-corrected chi connectivity index (χ3v) is 4.29. The predicted octanol–water partition coefficient (Wildman–Crippen LogP) is 3.05. The van der Waals surface area contributed by atoms with Crippen molar-refractivity contribution in [1.29, 1.82) is 0 Å². The Labute approximate surface area is 125 Å². The Balaban J connectivity index is 2.29. The molecule has 0 amide bonds. The minimum atomic E-state index is -1.46. The molecule has 4 nitrogen and oxygen atoms in total. The topological polar surface area (TPSA) is 63.6 Å².